The molecular formula is C22H27BN2O3. The van der Waals surface area contributed by atoms with E-state index in [1.165, 1.54) is 11.1 Å². The number of fused-ring (bicyclic) bond motifs is 2. The normalized spacial score (nSPS) is 20.6. The Morgan fingerprint density at radius 3 is 2.57 bits per heavy atom. The summed E-state index contributed by atoms with van der Waals surface area (Å²) in [6.45, 7) is 3.84. The summed E-state index contributed by atoms with van der Waals surface area (Å²) in [4.78, 5) is 14.5. The van der Waals surface area contributed by atoms with Crippen LogP contribution in [0, 0.1) is 0 Å². The summed E-state index contributed by atoms with van der Waals surface area (Å²) in [5.41, 5.74) is 3.59. The van der Waals surface area contributed by atoms with Gasteiger partial charge in [0, 0.05) is 5.41 Å². The van der Waals surface area contributed by atoms with Crippen molar-refractivity contribution in [3.63, 3.8) is 0 Å². The summed E-state index contributed by atoms with van der Waals surface area (Å²) in [5.74, 6) is 0. The van der Waals surface area contributed by atoms with E-state index in [2.05, 4.69) is 28.3 Å². The molecule has 2 aromatic rings. The number of alkyl carbamates (subject to hydrolysis) is 1. The number of carbonyl (C=O) groups is 1. The highest BCUT2D eigenvalue weighted by atomic mass is 16.5. The molecule has 4 rings (SSSR count). The van der Waals surface area contributed by atoms with Gasteiger partial charge in [0.05, 0.1) is 6.04 Å². The van der Waals surface area contributed by atoms with Crippen molar-refractivity contribution < 1.29 is 14.6 Å². The summed E-state index contributed by atoms with van der Waals surface area (Å²) < 4.78 is 5.44. The third-order valence-corrected chi connectivity index (χ3v) is 6.29. The van der Waals surface area contributed by atoms with E-state index in [1.54, 1.807) is 0 Å². The summed E-state index contributed by atoms with van der Waals surface area (Å²) in [5, 5.41) is 13.0. The Hall–Kier alpha value is -2.31. The second kappa shape index (κ2) is 7.98. The maximum absolute atomic E-state index is 12.4. The zero-order valence-corrected chi connectivity index (χ0v) is 16.3. The molecule has 1 amide bonds. The molecule has 1 aliphatic carbocycles. The summed E-state index contributed by atoms with van der Waals surface area (Å²) in [6.07, 6.45) is 2.50. The van der Waals surface area contributed by atoms with Gasteiger partial charge in [0.1, 0.15) is 6.61 Å². The Morgan fingerprint density at radius 2 is 1.86 bits per heavy atom. The largest absolute Gasteiger partial charge is 0.445 e. The Kier molecular flexibility index (Phi) is 5.42. The van der Waals surface area contributed by atoms with Gasteiger partial charge < -0.3 is 19.9 Å². The van der Waals surface area contributed by atoms with Crippen LogP contribution in [-0.2, 0) is 16.8 Å². The zero-order chi connectivity index (χ0) is 19.6. The zero-order valence-electron chi connectivity index (χ0n) is 16.3. The number of rotatable bonds is 4. The maximum atomic E-state index is 12.4. The highest BCUT2D eigenvalue weighted by Gasteiger charge is 2.46. The number of hydrogen-bond acceptors (Lipinski definition) is 4. The van der Waals surface area contributed by atoms with Gasteiger partial charge in [0.15, 0.2) is 0 Å². The predicted molar refractivity (Wildman–Crippen MR) is 110 cm³/mol. The smallest absolute Gasteiger partial charge is 0.407 e. The first kappa shape index (κ1) is 19.0. The molecule has 6 heteroatoms. The number of ether oxygens (including phenoxy) is 1. The first-order valence-corrected chi connectivity index (χ1v) is 10.1. The van der Waals surface area contributed by atoms with E-state index in [1.807, 2.05) is 43.2 Å². The highest BCUT2D eigenvalue weighted by Crippen LogP contribution is 2.50. The fourth-order valence-electron chi connectivity index (χ4n) is 4.73. The number of carbonyl (C=O) groups excluding carboxylic acids is 1. The topological polar surface area (TPSA) is 61.8 Å². The van der Waals surface area contributed by atoms with Crippen LogP contribution in [0.5, 0.6) is 0 Å². The van der Waals surface area contributed by atoms with Crippen LogP contribution in [0.25, 0.3) is 0 Å². The average molecular weight is 378 g/mol. The molecule has 0 saturated carbocycles. The van der Waals surface area contributed by atoms with Crippen LogP contribution in [0.4, 0.5) is 4.79 Å². The molecule has 2 aromatic carbocycles. The molecule has 28 heavy (non-hydrogen) atoms. The van der Waals surface area contributed by atoms with Crippen molar-refractivity contribution in [1.29, 1.82) is 0 Å². The van der Waals surface area contributed by atoms with Gasteiger partial charge in [0.2, 0.25) is 0 Å². The average Bonchev–Trinajstić information content (AvgIpc) is 3.01. The van der Waals surface area contributed by atoms with Gasteiger partial charge >= 0.3 is 13.1 Å². The van der Waals surface area contributed by atoms with E-state index in [-0.39, 0.29) is 24.2 Å². The number of piperidine rings is 1. The lowest BCUT2D eigenvalue weighted by Crippen LogP contribution is -2.47. The van der Waals surface area contributed by atoms with Crippen molar-refractivity contribution >= 4 is 13.1 Å². The van der Waals surface area contributed by atoms with E-state index >= 15 is 0 Å². The third-order valence-electron chi connectivity index (χ3n) is 6.29. The van der Waals surface area contributed by atoms with Crippen LogP contribution in [0.15, 0.2) is 54.6 Å². The standard InChI is InChI=1S/C22H27BN2O3/c1-23(27)25-13-11-22(12-14-25)15-20(18-9-5-6-10-19(18)22)24-21(26)28-16-17-7-3-2-4-8-17/h2-10,20,27H,11-16H2,1H3,(H,24,26)/t20-/m1/s1. The van der Waals surface area contributed by atoms with E-state index in [0.29, 0.717) is 0 Å². The van der Waals surface area contributed by atoms with Crippen molar-refractivity contribution in [1.82, 2.24) is 10.1 Å². The van der Waals surface area contributed by atoms with E-state index in [0.717, 1.165) is 37.9 Å². The number of hydrogen-bond donors (Lipinski definition) is 2. The molecule has 2 aliphatic rings. The van der Waals surface area contributed by atoms with Crippen molar-refractivity contribution in [3.05, 3.63) is 71.3 Å². The van der Waals surface area contributed by atoms with Crippen LogP contribution in [0.1, 0.15) is 42.0 Å². The third kappa shape index (κ3) is 3.80. The molecule has 1 heterocycles. The minimum Gasteiger partial charge on any atom is -0.445 e. The molecule has 5 nitrogen and oxygen atoms in total. The monoisotopic (exact) mass is 378 g/mol. The van der Waals surface area contributed by atoms with Gasteiger partial charge in [-0.15, -0.1) is 0 Å². The molecule has 1 spiro atoms. The highest BCUT2D eigenvalue weighted by molar-refractivity contribution is 6.45. The Labute approximate surface area is 166 Å². The fourth-order valence-corrected chi connectivity index (χ4v) is 4.73. The minimum atomic E-state index is -0.407. The molecule has 2 N–H and O–H groups in total. The van der Waals surface area contributed by atoms with Crippen molar-refractivity contribution in [2.75, 3.05) is 13.1 Å². The molecule has 0 unspecified atom stereocenters. The SMILES string of the molecule is CB(O)N1CCC2(CC1)C[C@@H](NC(=O)OCc1ccccc1)c1ccccc12. The summed E-state index contributed by atoms with van der Waals surface area (Å²) in [6, 6.07) is 18.1. The first-order chi connectivity index (χ1) is 13.6. The lowest BCUT2D eigenvalue weighted by atomic mass is 9.70. The summed E-state index contributed by atoms with van der Waals surface area (Å²) >= 11 is 0. The predicted octanol–water partition coefficient (Wildman–Crippen LogP) is 3.50. The molecule has 0 aromatic heterocycles. The lowest BCUT2D eigenvalue weighted by molar-refractivity contribution is 0.132. The molecule has 0 bridgehead atoms. The molecule has 0 radical (unpaired) electrons. The number of amides is 1. The molecule has 1 atom stereocenters. The summed E-state index contributed by atoms with van der Waals surface area (Å²) in [7, 11) is -0.407. The van der Waals surface area contributed by atoms with E-state index < -0.39 is 7.05 Å². The second-order valence-corrected chi connectivity index (χ2v) is 8.00. The van der Waals surface area contributed by atoms with Crippen LogP contribution in [0.3, 0.4) is 0 Å². The number of nitrogens with one attached hydrogen (secondary N) is 1. The molecule has 146 valence electrons. The Bertz CT molecular complexity index is 820. The maximum Gasteiger partial charge on any atom is 0.407 e. The van der Waals surface area contributed by atoms with E-state index in [4.69, 9.17) is 4.74 Å². The molecular weight excluding hydrogens is 351 g/mol. The van der Waals surface area contributed by atoms with Crippen LogP contribution in [0.2, 0.25) is 6.82 Å². The first-order valence-electron chi connectivity index (χ1n) is 10.1. The van der Waals surface area contributed by atoms with Gasteiger partial charge in [-0.3, -0.25) is 0 Å². The Morgan fingerprint density at radius 1 is 1.18 bits per heavy atom. The Balaban J connectivity index is 1.43. The van der Waals surface area contributed by atoms with Crippen LogP contribution in [-0.4, -0.2) is 36.1 Å². The lowest BCUT2D eigenvalue weighted by Gasteiger charge is -2.40. The van der Waals surface area contributed by atoms with E-state index in [9.17, 15) is 9.82 Å². The number of nitrogens with zero attached hydrogens (tertiary/aromatic N) is 1. The second-order valence-electron chi connectivity index (χ2n) is 8.00. The molecule has 1 fully saturated rings. The fraction of sp³-hybridized carbons (Fsp3) is 0.409. The van der Waals surface area contributed by atoms with Crippen molar-refractivity contribution in [2.24, 2.45) is 0 Å². The van der Waals surface area contributed by atoms with Gasteiger partial charge in [-0.2, -0.15) is 0 Å². The minimum absolute atomic E-state index is 0.0300. The number of benzene rings is 2. The van der Waals surface area contributed by atoms with Gasteiger partial charge in [-0.05, 0) is 55.9 Å². The molecule has 1 saturated heterocycles. The van der Waals surface area contributed by atoms with Crippen molar-refractivity contribution in [2.45, 2.75) is 44.1 Å². The van der Waals surface area contributed by atoms with Crippen molar-refractivity contribution in [3.8, 4) is 0 Å². The van der Waals surface area contributed by atoms with Crippen LogP contribution >= 0.6 is 0 Å². The molecule has 1 aliphatic heterocycles. The van der Waals surface area contributed by atoms with Gasteiger partial charge in [-0.1, -0.05) is 54.6 Å². The quantitative estimate of drug-likeness (QED) is 0.800. The van der Waals surface area contributed by atoms with Gasteiger partial charge in [0.25, 0.3) is 0 Å². The van der Waals surface area contributed by atoms with Gasteiger partial charge in [-0.25, -0.2) is 4.79 Å². The van der Waals surface area contributed by atoms with Crippen LogP contribution < -0.4 is 5.32 Å².